The van der Waals surface area contributed by atoms with Gasteiger partial charge in [-0.3, -0.25) is 9.59 Å². The summed E-state index contributed by atoms with van der Waals surface area (Å²) >= 11 is 0. The Kier molecular flexibility index (Phi) is 5.64. The molecule has 0 saturated heterocycles. The summed E-state index contributed by atoms with van der Waals surface area (Å²) < 4.78 is 0. The van der Waals surface area contributed by atoms with Gasteiger partial charge in [-0.15, -0.1) is 0 Å². The van der Waals surface area contributed by atoms with Crippen molar-refractivity contribution in [1.82, 2.24) is 0 Å². The summed E-state index contributed by atoms with van der Waals surface area (Å²) in [5, 5.41) is 0. The van der Waals surface area contributed by atoms with Crippen LogP contribution in [0.4, 0.5) is 5.69 Å². The number of rotatable bonds is 5. The quantitative estimate of drug-likeness (QED) is 0.292. The second-order valence-electron chi connectivity index (χ2n) is 10.1. The van der Waals surface area contributed by atoms with Gasteiger partial charge in [0.05, 0.1) is 5.41 Å². The Morgan fingerprint density at radius 3 is 1.78 bits per heavy atom. The lowest BCUT2D eigenvalue weighted by Gasteiger charge is -2.37. The Labute approximate surface area is 218 Å². The topological polar surface area (TPSA) is 37.4 Å². The van der Waals surface area contributed by atoms with Crippen molar-refractivity contribution in [1.29, 1.82) is 0 Å². The van der Waals surface area contributed by atoms with Gasteiger partial charge < -0.3 is 4.90 Å². The Hall–Kier alpha value is -4.24. The highest BCUT2D eigenvalue weighted by Gasteiger charge is 2.62. The number of carbonyl (C=O) groups excluding carboxylic acids is 2. The van der Waals surface area contributed by atoms with Gasteiger partial charge in [-0.2, -0.15) is 0 Å². The van der Waals surface area contributed by atoms with Crippen LogP contribution in [0.1, 0.15) is 39.0 Å². The molecule has 1 saturated carbocycles. The van der Waals surface area contributed by atoms with E-state index in [1.165, 1.54) is 0 Å². The molecule has 1 aliphatic heterocycles. The van der Waals surface area contributed by atoms with Gasteiger partial charge >= 0.3 is 0 Å². The van der Waals surface area contributed by atoms with Crippen molar-refractivity contribution >= 4 is 17.3 Å². The minimum absolute atomic E-state index is 0.0183. The van der Waals surface area contributed by atoms with Crippen LogP contribution in [0.15, 0.2) is 121 Å². The lowest BCUT2D eigenvalue weighted by molar-refractivity contribution is -0.121. The zero-order valence-corrected chi connectivity index (χ0v) is 21.1. The van der Waals surface area contributed by atoms with E-state index in [4.69, 9.17) is 0 Å². The predicted octanol–water partition coefficient (Wildman–Crippen LogP) is 6.83. The fraction of sp³-hybridized carbons (Fsp3) is 0.176. The molecule has 1 aliphatic carbocycles. The summed E-state index contributed by atoms with van der Waals surface area (Å²) in [5.41, 5.74) is 5.61. The van der Waals surface area contributed by atoms with Crippen LogP contribution in [0.3, 0.4) is 0 Å². The second kappa shape index (κ2) is 9.01. The molecule has 3 heteroatoms. The van der Waals surface area contributed by atoms with Gasteiger partial charge in [0, 0.05) is 41.4 Å². The molecule has 182 valence electrons. The third-order valence-corrected chi connectivity index (χ3v) is 8.11. The number of anilines is 1. The Morgan fingerprint density at radius 1 is 0.730 bits per heavy atom. The molecule has 4 aromatic rings. The molecule has 2 atom stereocenters. The van der Waals surface area contributed by atoms with E-state index >= 15 is 0 Å². The number of Topliss-reactive ketones (excluding diaryl/α,β-unsaturated/α-hetero) is 2. The SMILES string of the molecule is Cc1cccc(C)c1N1C=C(C(=O)c2ccccc2)C2C1CC(=O)C2(c1ccccc1)c1ccccc1. The first-order valence-corrected chi connectivity index (χ1v) is 12.8. The van der Waals surface area contributed by atoms with Crippen LogP contribution in [-0.4, -0.2) is 17.6 Å². The number of para-hydroxylation sites is 1. The Balaban J connectivity index is 1.63. The van der Waals surface area contributed by atoms with E-state index in [-0.39, 0.29) is 23.5 Å². The maximum Gasteiger partial charge on any atom is 0.190 e. The number of benzene rings is 4. The Morgan fingerprint density at radius 2 is 1.24 bits per heavy atom. The van der Waals surface area contributed by atoms with Crippen LogP contribution in [-0.2, 0) is 10.2 Å². The highest BCUT2D eigenvalue weighted by Crippen LogP contribution is 2.56. The molecule has 37 heavy (non-hydrogen) atoms. The summed E-state index contributed by atoms with van der Waals surface area (Å²) in [7, 11) is 0. The van der Waals surface area contributed by atoms with Crippen molar-refractivity contribution in [3.63, 3.8) is 0 Å². The smallest absolute Gasteiger partial charge is 0.190 e. The molecular weight excluding hydrogens is 454 g/mol. The van der Waals surface area contributed by atoms with Crippen LogP contribution in [0.25, 0.3) is 0 Å². The normalized spacial score (nSPS) is 20.0. The lowest BCUT2D eigenvalue weighted by Crippen LogP contribution is -2.42. The fourth-order valence-electron chi connectivity index (χ4n) is 6.61. The third kappa shape index (κ3) is 3.49. The highest BCUT2D eigenvalue weighted by atomic mass is 16.1. The summed E-state index contributed by atoms with van der Waals surface area (Å²) in [4.78, 5) is 30.8. The average Bonchev–Trinajstić information content (AvgIpc) is 3.44. The zero-order chi connectivity index (χ0) is 25.6. The monoisotopic (exact) mass is 483 g/mol. The maximum atomic E-state index is 14.4. The first kappa shape index (κ1) is 23.2. The molecule has 6 rings (SSSR count). The van der Waals surface area contributed by atoms with Crippen molar-refractivity contribution in [2.45, 2.75) is 31.7 Å². The summed E-state index contributed by atoms with van der Waals surface area (Å²) in [5.74, 6) is -0.186. The van der Waals surface area contributed by atoms with Gasteiger partial charge in [0.25, 0.3) is 0 Å². The van der Waals surface area contributed by atoms with Gasteiger partial charge in [-0.1, -0.05) is 109 Å². The first-order chi connectivity index (χ1) is 18.0. The van der Waals surface area contributed by atoms with Gasteiger partial charge in [0.15, 0.2) is 11.6 Å². The number of carbonyl (C=O) groups is 2. The Bertz CT molecular complexity index is 1450. The predicted molar refractivity (Wildman–Crippen MR) is 148 cm³/mol. The molecule has 0 radical (unpaired) electrons. The van der Waals surface area contributed by atoms with Crippen LogP contribution >= 0.6 is 0 Å². The summed E-state index contributed by atoms with van der Waals surface area (Å²) in [6, 6.07) is 35.6. The van der Waals surface area contributed by atoms with Crippen LogP contribution in [0.5, 0.6) is 0 Å². The third-order valence-electron chi connectivity index (χ3n) is 8.11. The van der Waals surface area contributed by atoms with E-state index in [9.17, 15) is 9.59 Å². The molecule has 0 spiro atoms. The molecule has 0 N–H and O–H groups in total. The largest absolute Gasteiger partial charge is 0.343 e. The minimum Gasteiger partial charge on any atom is -0.343 e. The molecule has 1 heterocycles. The molecule has 2 aliphatic rings. The molecule has 0 aromatic heterocycles. The minimum atomic E-state index is -0.950. The second-order valence-corrected chi connectivity index (χ2v) is 10.1. The van der Waals surface area contributed by atoms with Crippen LogP contribution in [0.2, 0.25) is 0 Å². The van der Waals surface area contributed by atoms with Gasteiger partial charge in [0.2, 0.25) is 0 Å². The van der Waals surface area contributed by atoms with E-state index in [1.807, 2.05) is 97.2 Å². The highest BCUT2D eigenvalue weighted by molar-refractivity contribution is 6.13. The number of nitrogens with zero attached hydrogens (tertiary/aromatic N) is 1. The standard InChI is InChI=1S/C34H29NO2/c1-23-13-12-14-24(2)32(23)35-22-28(33(37)25-15-6-3-7-16-25)31-29(35)21-30(36)34(31,26-17-8-4-9-18-26)27-19-10-5-11-20-27/h3-20,22,29,31H,21H2,1-2H3. The van der Waals surface area contributed by atoms with Gasteiger partial charge in [0.1, 0.15) is 0 Å². The van der Waals surface area contributed by atoms with Crippen molar-refractivity contribution < 1.29 is 9.59 Å². The van der Waals surface area contributed by atoms with Crippen LogP contribution in [0, 0.1) is 19.8 Å². The van der Waals surface area contributed by atoms with E-state index in [0.29, 0.717) is 17.6 Å². The molecule has 3 nitrogen and oxygen atoms in total. The van der Waals surface area contributed by atoms with Crippen molar-refractivity contribution in [3.8, 4) is 0 Å². The maximum absolute atomic E-state index is 14.4. The fourth-order valence-corrected chi connectivity index (χ4v) is 6.61. The molecule has 2 unspecified atom stereocenters. The van der Waals surface area contributed by atoms with Crippen molar-refractivity contribution in [2.75, 3.05) is 4.90 Å². The van der Waals surface area contributed by atoms with Crippen molar-refractivity contribution in [3.05, 3.63) is 149 Å². The molecular formula is C34H29NO2. The molecule has 0 amide bonds. The van der Waals surface area contributed by atoms with Gasteiger partial charge in [-0.05, 0) is 36.1 Å². The summed E-state index contributed by atoms with van der Waals surface area (Å²) in [6.07, 6.45) is 2.40. The number of hydrogen-bond donors (Lipinski definition) is 0. The molecule has 1 fully saturated rings. The van der Waals surface area contributed by atoms with E-state index in [1.54, 1.807) is 0 Å². The number of fused-ring (bicyclic) bond motifs is 1. The molecule has 4 aromatic carbocycles. The number of aryl methyl sites for hydroxylation is 2. The molecule has 0 bridgehead atoms. The van der Waals surface area contributed by atoms with Gasteiger partial charge in [-0.25, -0.2) is 0 Å². The van der Waals surface area contributed by atoms with E-state index in [2.05, 4.69) is 36.9 Å². The summed E-state index contributed by atoms with van der Waals surface area (Å²) in [6.45, 7) is 4.20. The number of hydrogen-bond acceptors (Lipinski definition) is 3. The lowest BCUT2D eigenvalue weighted by atomic mass is 9.64. The van der Waals surface area contributed by atoms with E-state index in [0.717, 1.165) is 27.9 Å². The zero-order valence-electron chi connectivity index (χ0n) is 21.1. The van der Waals surface area contributed by atoms with Crippen LogP contribution < -0.4 is 4.90 Å². The van der Waals surface area contributed by atoms with E-state index < -0.39 is 5.41 Å². The number of ketones is 2. The average molecular weight is 484 g/mol. The van der Waals surface area contributed by atoms with Crippen molar-refractivity contribution in [2.24, 2.45) is 5.92 Å². The first-order valence-electron chi connectivity index (χ1n) is 12.8.